The Bertz CT molecular complexity index is 1220. The van der Waals surface area contributed by atoms with Crippen LogP contribution in [0.1, 0.15) is 44.3 Å². The highest BCUT2D eigenvalue weighted by Crippen LogP contribution is 2.73. The number of thiophene rings is 1. The number of amides is 1. The van der Waals surface area contributed by atoms with E-state index < -0.39 is 52.7 Å². The Morgan fingerprint density at radius 3 is 2.74 bits per heavy atom. The van der Waals surface area contributed by atoms with Gasteiger partial charge in [0.2, 0.25) is 0 Å². The van der Waals surface area contributed by atoms with Crippen LogP contribution in [0.3, 0.4) is 0 Å². The van der Waals surface area contributed by atoms with Gasteiger partial charge in [0, 0.05) is 36.6 Å². The molecule has 2 unspecified atom stereocenters. The standard InChI is InChI=1S/C28H33F2NO5S2/c1-25-8-7-15(32)10-18(25)19(29)11-17-16-12-22-27(14-38-24(34)31(3)4,26(16,2)13-21(33)28(17,25)30)36-23(35-22)20-6-5-9-37-20/h5-10,16-17,19,21-23,33H,11-14H2,1-4H3/t16?,17-,19-,21-,22+,23?,25-,26-,27+,28-/m0/s1. The van der Waals surface area contributed by atoms with E-state index >= 15 is 8.78 Å². The van der Waals surface area contributed by atoms with Gasteiger partial charge in [-0.3, -0.25) is 9.59 Å². The van der Waals surface area contributed by atoms with Crippen LogP contribution >= 0.6 is 23.1 Å². The molecule has 1 aromatic rings. The van der Waals surface area contributed by atoms with Crippen LogP contribution in [0.4, 0.5) is 13.6 Å². The van der Waals surface area contributed by atoms with E-state index in [2.05, 4.69) is 0 Å². The van der Waals surface area contributed by atoms with Crippen molar-refractivity contribution in [3.63, 3.8) is 0 Å². The minimum absolute atomic E-state index is 0.0695. The van der Waals surface area contributed by atoms with Crippen LogP contribution in [0.5, 0.6) is 0 Å². The van der Waals surface area contributed by atoms with Crippen LogP contribution in [-0.4, -0.2) is 70.5 Å². The fourth-order valence-corrected chi connectivity index (χ4v) is 10.0. The number of allylic oxidation sites excluding steroid dienone is 4. The normalized spacial score (nSPS) is 47.1. The van der Waals surface area contributed by atoms with E-state index in [0.717, 1.165) is 16.6 Å². The number of aliphatic hydroxyl groups excluding tert-OH is 1. The number of thioether (sulfide) groups is 1. The highest BCUT2D eigenvalue weighted by Gasteiger charge is 2.78. The summed E-state index contributed by atoms with van der Waals surface area (Å²) < 4.78 is 46.5. The minimum atomic E-state index is -2.16. The Morgan fingerprint density at radius 1 is 1.29 bits per heavy atom. The smallest absolute Gasteiger partial charge is 0.281 e. The third-order valence-corrected chi connectivity index (χ3v) is 12.2. The van der Waals surface area contributed by atoms with E-state index in [-0.39, 0.29) is 41.1 Å². The molecule has 0 radical (unpaired) electrons. The van der Waals surface area contributed by atoms with Crippen LogP contribution in [-0.2, 0) is 14.3 Å². The van der Waals surface area contributed by atoms with Gasteiger partial charge in [-0.15, -0.1) is 11.3 Å². The largest absolute Gasteiger partial charge is 0.390 e. The van der Waals surface area contributed by atoms with Crippen molar-refractivity contribution in [2.45, 2.75) is 69.0 Å². The van der Waals surface area contributed by atoms with Crippen molar-refractivity contribution in [2.24, 2.45) is 22.7 Å². The summed E-state index contributed by atoms with van der Waals surface area (Å²) in [5, 5.41) is 13.5. The van der Waals surface area contributed by atoms with Gasteiger partial charge in [0.25, 0.3) is 5.24 Å². The molecule has 10 atom stereocenters. The first-order chi connectivity index (χ1) is 17.9. The number of aliphatic hydroxyl groups is 1. The highest BCUT2D eigenvalue weighted by atomic mass is 32.2. The molecule has 10 heteroatoms. The monoisotopic (exact) mass is 565 g/mol. The quantitative estimate of drug-likeness (QED) is 0.540. The minimum Gasteiger partial charge on any atom is -0.390 e. The summed E-state index contributed by atoms with van der Waals surface area (Å²) in [6.45, 7) is 3.59. The Labute approximate surface area is 229 Å². The number of alkyl halides is 2. The van der Waals surface area contributed by atoms with Crippen molar-refractivity contribution in [3.05, 3.63) is 46.2 Å². The molecule has 4 aliphatic carbocycles. The van der Waals surface area contributed by atoms with E-state index in [1.54, 1.807) is 21.0 Å². The molecule has 1 aliphatic heterocycles. The molecule has 6 nitrogen and oxygen atoms in total. The maximum Gasteiger partial charge on any atom is 0.281 e. The van der Waals surface area contributed by atoms with Crippen molar-refractivity contribution in [2.75, 3.05) is 19.8 Å². The van der Waals surface area contributed by atoms with Gasteiger partial charge >= 0.3 is 0 Å². The molecule has 1 amide bonds. The third kappa shape index (κ3) is 3.33. The average Bonchev–Trinajstić information content (AvgIpc) is 3.56. The number of ether oxygens (including phenoxy) is 2. The van der Waals surface area contributed by atoms with Gasteiger partial charge in [-0.25, -0.2) is 8.78 Å². The van der Waals surface area contributed by atoms with Crippen molar-refractivity contribution in [3.8, 4) is 0 Å². The summed E-state index contributed by atoms with van der Waals surface area (Å²) in [7, 11) is 3.37. The van der Waals surface area contributed by atoms with Gasteiger partial charge < -0.3 is 19.5 Å². The second-order valence-corrected chi connectivity index (χ2v) is 13.9. The van der Waals surface area contributed by atoms with Crippen molar-refractivity contribution in [1.29, 1.82) is 0 Å². The summed E-state index contributed by atoms with van der Waals surface area (Å²) in [5.41, 5.74) is -5.26. The molecule has 0 bridgehead atoms. The number of nitrogens with zero attached hydrogens (tertiary/aromatic N) is 1. The maximum atomic E-state index is 17.5. The predicted molar refractivity (Wildman–Crippen MR) is 141 cm³/mol. The van der Waals surface area contributed by atoms with Crippen molar-refractivity contribution >= 4 is 34.1 Å². The van der Waals surface area contributed by atoms with Gasteiger partial charge in [0.15, 0.2) is 17.7 Å². The fraction of sp³-hybridized carbons (Fsp3) is 0.643. The molecule has 38 heavy (non-hydrogen) atoms. The number of rotatable bonds is 3. The molecule has 1 N–H and O–H groups in total. The zero-order chi connectivity index (χ0) is 27.3. The first-order valence-corrected chi connectivity index (χ1v) is 14.9. The second-order valence-electron chi connectivity index (χ2n) is 12.0. The lowest BCUT2D eigenvalue weighted by Gasteiger charge is -2.63. The van der Waals surface area contributed by atoms with Crippen LogP contribution < -0.4 is 0 Å². The van der Waals surface area contributed by atoms with E-state index in [1.165, 1.54) is 34.5 Å². The summed E-state index contributed by atoms with van der Waals surface area (Å²) in [6, 6.07) is 3.85. The predicted octanol–water partition coefficient (Wildman–Crippen LogP) is 5.24. The van der Waals surface area contributed by atoms with Crippen LogP contribution in [0, 0.1) is 22.7 Å². The Balaban J connectivity index is 1.42. The van der Waals surface area contributed by atoms with E-state index in [1.807, 2.05) is 24.4 Å². The van der Waals surface area contributed by atoms with E-state index in [9.17, 15) is 14.7 Å². The molecular weight excluding hydrogens is 532 g/mol. The second kappa shape index (κ2) is 8.70. The molecule has 2 heterocycles. The number of hydrogen-bond acceptors (Lipinski definition) is 7. The third-order valence-electron chi connectivity index (χ3n) is 10.1. The molecule has 0 spiro atoms. The number of carbonyl (C=O) groups is 2. The SMILES string of the molecule is CN(C)C(=O)SC[C@@]12OC(c3cccs3)O[C@@H]1CC1[C@@H]3C[C@H](F)C4=CC(=O)C=C[C@]4(C)[C@@]3(F)[C@@H](O)C[C@@]12C. The summed E-state index contributed by atoms with van der Waals surface area (Å²) in [4.78, 5) is 27.2. The van der Waals surface area contributed by atoms with Crippen molar-refractivity contribution < 1.29 is 33.0 Å². The van der Waals surface area contributed by atoms with Gasteiger partial charge in [0.05, 0.1) is 17.1 Å². The van der Waals surface area contributed by atoms with E-state index in [0.29, 0.717) is 6.42 Å². The molecular formula is C28H33F2NO5S2. The topological polar surface area (TPSA) is 76.1 Å². The van der Waals surface area contributed by atoms with Gasteiger partial charge in [-0.1, -0.05) is 30.8 Å². The van der Waals surface area contributed by atoms with Crippen molar-refractivity contribution in [1.82, 2.24) is 4.90 Å². The number of fused-ring (bicyclic) bond motifs is 7. The van der Waals surface area contributed by atoms with Crippen LogP contribution in [0.2, 0.25) is 0 Å². The van der Waals surface area contributed by atoms with Gasteiger partial charge in [-0.2, -0.15) is 0 Å². The number of halogens is 2. The van der Waals surface area contributed by atoms with E-state index in [4.69, 9.17) is 9.47 Å². The summed E-state index contributed by atoms with van der Waals surface area (Å²) in [5.74, 6) is -1.27. The number of carbonyl (C=O) groups excluding carboxylic acids is 2. The zero-order valence-electron chi connectivity index (χ0n) is 21.9. The fourth-order valence-electron chi connectivity index (χ4n) is 8.15. The molecule has 6 rings (SSSR count). The van der Waals surface area contributed by atoms with Gasteiger partial charge in [-0.05, 0) is 61.3 Å². The highest BCUT2D eigenvalue weighted by molar-refractivity contribution is 8.13. The number of ketones is 1. The molecule has 5 aliphatic rings. The average molecular weight is 566 g/mol. The lowest BCUT2D eigenvalue weighted by molar-refractivity contribution is -0.232. The zero-order valence-corrected chi connectivity index (χ0v) is 23.5. The van der Waals surface area contributed by atoms with Gasteiger partial charge in [0.1, 0.15) is 11.8 Å². The van der Waals surface area contributed by atoms with Crippen LogP contribution in [0.25, 0.3) is 0 Å². The lowest BCUT2D eigenvalue weighted by atomic mass is 9.44. The first-order valence-electron chi connectivity index (χ1n) is 13.0. The first kappa shape index (κ1) is 26.6. The molecule has 206 valence electrons. The Morgan fingerprint density at radius 2 is 2.05 bits per heavy atom. The lowest BCUT2D eigenvalue weighted by Crippen LogP contribution is -2.70. The summed E-state index contributed by atoms with van der Waals surface area (Å²) >= 11 is 2.64. The maximum absolute atomic E-state index is 17.5. The molecule has 4 fully saturated rings. The molecule has 3 saturated carbocycles. The molecule has 1 saturated heterocycles. The summed E-state index contributed by atoms with van der Waals surface area (Å²) in [6.07, 6.45) is 0.309. The Hall–Kier alpha value is -1.59. The number of hydrogen-bond donors (Lipinski definition) is 1. The Kier molecular flexibility index (Phi) is 6.10. The molecule has 1 aromatic heterocycles. The molecule has 0 aromatic carbocycles. The van der Waals surface area contributed by atoms with Crippen LogP contribution in [0.15, 0.2) is 41.3 Å².